The molecule has 3 aromatic carbocycles. The van der Waals surface area contributed by atoms with Crippen molar-refractivity contribution in [2.24, 2.45) is 0 Å². The van der Waals surface area contributed by atoms with E-state index in [-0.39, 0.29) is 19.1 Å². The number of fused-ring (bicyclic) bond motifs is 2. The molecule has 1 aliphatic rings. The van der Waals surface area contributed by atoms with Gasteiger partial charge in [-0.25, -0.2) is 0 Å². The average molecular weight is 526 g/mol. The summed E-state index contributed by atoms with van der Waals surface area (Å²) in [6, 6.07) is 16.4. The van der Waals surface area contributed by atoms with Gasteiger partial charge in [0.15, 0.2) is 5.58 Å². The number of hydrogen-bond donors (Lipinski definition) is 0. The Bertz CT molecular complexity index is 1430. The second-order valence-corrected chi connectivity index (χ2v) is 9.07. The van der Waals surface area contributed by atoms with Gasteiger partial charge in [0.25, 0.3) is 11.9 Å². The molecule has 4 aromatic rings. The van der Waals surface area contributed by atoms with Crippen molar-refractivity contribution in [3.05, 3.63) is 82.9 Å². The predicted octanol–water partition coefficient (Wildman–Crippen LogP) is 5.57. The van der Waals surface area contributed by atoms with E-state index < -0.39 is 11.7 Å². The number of halogens is 3. The zero-order valence-electron chi connectivity index (χ0n) is 20.9. The van der Waals surface area contributed by atoms with E-state index in [4.69, 9.17) is 13.9 Å². The summed E-state index contributed by atoms with van der Waals surface area (Å²) in [7, 11) is 3.37. The number of anilines is 1. The lowest BCUT2D eigenvalue weighted by Gasteiger charge is -2.30. The van der Waals surface area contributed by atoms with Gasteiger partial charge in [0.2, 0.25) is 0 Å². The number of methoxy groups -OCH3 is 1. The summed E-state index contributed by atoms with van der Waals surface area (Å²) in [5.41, 5.74) is 2.28. The van der Waals surface area contributed by atoms with Crippen LogP contribution in [0.4, 0.5) is 19.2 Å². The highest BCUT2D eigenvalue weighted by molar-refractivity contribution is 5.99. The number of carbonyl (C=O) groups is 1. The first-order chi connectivity index (χ1) is 18.2. The van der Waals surface area contributed by atoms with Gasteiger partial charge < -0.3 is 23.7 Å². The summed E-state index contributed by atoms with van der Waals surface area (Å²) in [5.74, 6) is 0.628. The number of ether oxygens (including phenoxy) is 2. The molecule has 7 nitrogen and oxygen atoms in total. The highest BCUT2D eigenvalue weighted by Gasteiger charge is 2.32. The maximum atomic E-state index is 13.5. The van der Waals surface area contributed by atoms with E-state index in [1.165, 1.54) is 13.2 Å². The summed E-state index contributed by atoms with van der Waals surface area (Å²) < 4.78 is 56.7. The van der Waals surface area contributed by atoms with Gasteiger partial charge in [0, 0.05) is 26.2 Å². The number of alkyl halides is 3. The maximum absolute atomic E-state index is 13.5. The Morgan fingerprint density at radius 3 is 2.68 bits per heavy atom. The van der Waals surface area contributed by atoms with Crippen molar-refractivity contribution in [1.29, 1.82) is 0 Å². The quantitative estimate of drug-likeness (QED) is 0.300. The molecule has 0 aliphatic carbocycles. The van der Waals surface area contributed by atoms with Gasteiger partial charge in [-0.3, -0.25) is 4.79 Å². The number of para-hydroxylation sites is 2. The number of amides is 1. The Morgan fingerprint density at radius 2 is 1.92 bits per heavy atom. The van der Waals surface area contributed by atoms with E-state index in [9.17, 15) is 18.0 Å². The third kappa shape index (κ3) is 5.25. The molecule has 1 aliphatic heterocycles. The molecule has 5 rings (SSSR count). The van der Waals surface area contributed by atoms with E-state index in [0.717, 1.165) is 23.2 Å². The molecule has 2 heterocycles. The number of nitrogens with zero attached hydrogens (tertiary/aromatic N) is 3. The molecule has 0 radical (unpaired) electrons. The molecule has 0 saturated heterocycles. The van der Waals surface area contributed by atoms with Crippen LogP contribution in [0.3, 0.4) is 0 Å². The Hall–Kier alpha value is -4.21. The second kappa shape index (κ2) is 10.3. The summed E-state index contributed by atoms with van der Waals surface area (Å²) >= 11 is 0. The SMILES string of the molecule is COc1cc2c(c(OCCN(C)c3nc4ccccc4o3)c1)C(=O)N(Cc1cccc(C(F)(F)F)c1)CC2. The van der Waals surface area contributed by atoms with Crippen molar-refractivity contribution in [3.8, 4) is 11.5 Å². The Labute approximate surface area is 217 Å². The van der Waals surface area contributed by atoms with Crippen LogP contribution in [0.2, 0.25) is 0 Å². The van der Waals surface area contributed by atoms with Crippen LogP contribution in [0, 0.1) is 0 Å². The van der Waals surface area contributed by atoms with Crippen molar-refractivity contribution in [3.63, 3.8) is 0 Å². The predicted molar refractivity (Wildman–Crippen MR) is 136 cm³/mol. The van der Waals surface area contributed by atoms with Gasteiger partial charge in [-0.15, -0.1) is 0 Å². The van der Waals surface area contributed by atoms with Crippen LogP contribution >= 0.6 is 0 Å². The number of oxazole rings is 1. The van der Waals surface area contributed by atoms with Gasteiger partial charge in [0.1, 0.15) is 23.6 Å². The molecule has 1 aromatic heterocycles. The number of benzene rings is 3. The lowest BCUT2D eigenvalue weighted by Crippen LogP contribution is -2.37. The van der Waals surface area contributed by atoms with Crippen LogP contribution < -0.4 is 14.4 Å². The largest absolute Gasteiger partial charge is 0.497 e. The van der Waals surface area contributed by atoms with Gasteiger partial charge in [-0.1, -0.05) is 24.3 Å². The van der Waals surface area contributed by atoms with Crippen LogP contribution in [-0.4, -0.2) is 49.6 Å². The fraction of sp³-hybridized carbons (Fsp3) is 0.286. The van der Waals surface area contributed by atoms with Crippen LogP contribution in [0.5, 0.6) is 11.5 Å². The normalized spacial score (nSPS) is 13.5. The summed E-state index contributed by atoms with van der Waals surface area (Å²) in [5, 5.41) is 0. The molecule has 0 fully saturated rings. The van der Waals surface area contributed by atoms with Gasteiger partial charge >= 0.3 is 6.18 Å². The standard InChI is InChI=1S/C28H26F3N3O4/c1-33(27-32-22-8-3-4-9-23(22)38-27)12-13-37-24-16-21(36-2)15-19-10-11-34(26(35)25(19)24)17-18-6-5-7-20(14-18)28(29,30)31/h3-9,14-16H,10-13,17H2,1-2H3. The average Bonchev–Trinajstić information content (AvgIpc) is 3.34. The van der Waals surface area contributed by atoms with Crippen LogP contribution in [0.25, 0.3) is 11.1 Å². The number of rotatable bonds is 8. The van der Waals surface area contributed by atoms with E-state index in [0.29, 0.717) is 53.7 Å². The maximum Gasteiger partial charge on any atom is 0.416 e. The van der Waals surface area contributed by atoms with Crippen molar-refractivity contribution in [1.82, 2.24) is 9.88 Å². The number of carbonyl (C=O) groups excluding carboxylic acids is 1. The lowest BCUT2D eigenvalue weighted by molar-refractivity contribution is -0.137. The minimum atomic E-state index is -4.45. The third-order valence-corrected chi connectivity index (χ3v) is 6.47. The fourth-order valence-corrected chi connectivity index (χ4v) is 4.46. The minimum Gasteiger partial charge on any atom is -0.497 e. The first-order valence-corrected chi connectivity index (χ1v) is 12.1. The third-order valence-electron chi connectivity index (χ3n) is 6.47. The van der Waals surface area contributed by atoms with E-state index in [2.05, 4.69) is 4.98 Å². The fourth-order valence-electron chi connectivity index (χ4n) is 4.46. The number of likely N-dealkylation sites (N-methyl/N-ethyl adjacent to an activating group) is 1. The topological polar surface area (TPSA) is 68.0 Å². The number of aromatic nitrogens is 1. The van der Waals surface area contributed by atoms with Crippen molar-refractivity contribution in [2.75, 3.05) is 38.8 Å². The summed E-state index contributed by atoms with van der Waals surface area (Å²) in [4.78, 5) is 21.3. The second-order valence-electron chi connectivity index (χ2n) is 9.07. The number of hydrogen-bond acceptors (Lipinski definition) is 6. The molecule has 1 amide bonds. The molecule has 0 bridgehead atoms. The summed E-state index contributed by atoms with van der Waals surface area (Å²) in [6.07, 6.45) is -3.92. The highest BCUT2D eigenvalue weighted by Crippen LogP contribution is 2.34. The molecular weight excluding hydrogens is 499 g/mol. The van der Waals surface area contributed by atoms with Crippen LogP contribution in [0.1, 0.15) is 27.0 Å². The zero-order valence-corrected chi connectivity index (χ0v) is 20.9. The van der Waals surface area contributed by atoms with Gasteiger partial charge in [-0.2, -0.15) is 18.2 Å². The Kier molecular flexibility index (Phi) is 6.88. The molecule has 198 valence electrons. The first kappa shape index (κ1) is 25.4. The van der Waals surface area contributed by atoms with E-state index >= 15 is 0 Å². The van der Waals surface area contributed by atoms with Gasteiger partial charge in [0.05, 0.1) is 24.8 Å². The smallest absolute Gasteiger partial charge is 0.416 e. The van der Waals surface area contributed by atoms with Crippen molar-refractivity contribution >= 4 is 23.0 Å². The van der Waals surface area contributed by atoms with Crippen molar-refractivity contribution < 1.29 is 31.9 Å². The Balaban J connectivity index is 1.32. The molecular formula is C28H26F3N3O4. The monoisotopic (exact) mass is 525 g/mol. The highest BCUT2D eigenvalue weighted by atomic mass is 19.4. The molecule has 38 heavy (non-hydrogen) atoms. The lowest BCUT2D eigenvalue weighted by atomic mass is 9.96. The molecule has 0 N–H and O–H groups in total. The molecule has 0 atom stereocenters. The molecule has 10 heteroatoms. The van der Waals surface area contributed by atoms with Crippen molar-refractivity contribution in [2.45, 2.75) is 19.1 Å². The van der Waals surface area contributed by atoms with E-state index in [1.807, 2.05) is 36.2 Å². The van der Waals surface area contributed by atoms with Gasteiger partial charge in [-0.05, 0) is 47.9 Å². The zero-order chi connectivity index (χ0) is 26.9. The van der Waals surface area contributed by atoms with Crippen LogP contribution in [-0.2, 0) is 19.1 Å². The summed E-state index contributed by atoms with van der Waals surface area (Å²) in [6.45, 7) is 1.10. The molecule has 0 spiro atoms. The molecule has 0 unspecified atom stereocenters. The molecule has 0 saturated carbocycles. The first-order valence-electron chi connectivity index (χ1n) is 12.1. The minimum absolute atomic E-state index is 0.0636. The van der Waals surface area contributed by atoms with E-state index in [1.54, 1.807) is 23.1 Å². The van der Waals surface area contributed by atoms with Crippen LogP contribution in [0.15, 0.2) is 65.1 Å². The Morgan fingerprint density at radius 1 is 1.11 bits per heavy atom.